The lowest BCUT2D eigenvalue weighted by Gasteiger charge is -2.20. The zero-order chi connectivity index (χ0) is 12.6. The van der Waals surface area contributed by atoms with Gasteiger partial charge in [-0.05, 0) is 46.8 Å². The molecule has 1 aromatic carbocycles. The fourth-order valence-electron chi connectivity index (χ4n) is 2.12. The van der Waals surface area contributed by atoms with Crippen molar-refractivity contribution in [2.45, 2.75) is 31.7 Å². The van der Waals surface area contributed by atoms with Crippen LogP contribution in [0.1, 0.15) is 30.9 Å². The molecule has 1 aliphatic carbocycles. The number of hydrogen-bond donors (Lipinski definition) is 1. The highest BCUT2D eigenvalue weighted by Crippen LogP contribution is 2.51. The number of ether oxygens (including phenoxy) is 2. The molecule has 17 heavy (non-hydrogen) atoms. The van der Waals surface area contributed by atoms with Crippen LogP contribution in [0.3, 0.4) is 0 Å². The number of rotatable bonds is 4. The Hall–Kier alpha value is -0.740. The van der Waals surface area contributed by atoms with E-state index < -0.39 is 0 Å². The highest BCUT2D eigenvalue weighted by atomic mass is 79.9. The second-order valence-electron chi connectivity index (χ2n) is 4.47. The van der Waals surface area contributed by atoms with Crippen molar-refractivity contribution in [2.75, 3.05) is 14.2 Å². The topological polar surface area (TPSA) is 44.5 Å². The molecule has 0 amide bonds. The zero-order valence-corrected chi connectivity index (χ0v) is 12.1. The summed E-state index contributed by atoms with van der Waals surface area (Å²) in [6, 6.07) is 2.12. The summed E-state index contributed by atoms with van der Waals surface area (Å²) in [5.74, 6) is 1.65. The average molecular weight is 300 g/mol. The summed E-state index contributed by atoms with van der Waals surface area (Å²) in [6.07, 6.45) is 2.95. The van der Waals surface area contributed by atoms with Crippen LogP contribution in [0.2, 0.25) is 0 Å². The number of methoxy groups -OCH3 is 2. The van der Waals surface area contributed by atoms with Crippen LogP contribution >= 0.6 is 15.9 Å². The van der Waals surface area contributed by atoms with Gasteiger partial charge in [0.25, 0.3) is 0 Å². The first-order valence-corrected chi connectivity index (χ1v) is 6.59. The fourth-order valence-corrected chi connectivity index (χ4v) is 2.92. The summed E-state index contributed by atoms with van der Waals surface area (Å²) >= 11 is 3.56. The van der Waals surface area contributed by atoms with Crippen LogP contribution in [0.5, 0.6) is 11.5 Å². The lowest BCUT2D eigenvalue weighted by atomic mass is 9.99. The number of hydrogen-bond acceptors (Lipinski definition) is 3. The number of benzene rings is 1. The second kappa shape index (κ2) is 4.50. The maximum absolute atomic E-state index is 6.29. The number of nitrogens with two attached hydrogens (primary N) is 1. The highest BCUT2D eigenvalue weighted by molar-refractivity contribution is 9.10. The van der Waals surface area contributed by atoms with Crippen LogP contribution in [-0.4, -0.2) is 14.2 Å². The van der Waals surface area contributed by atoms with Gasteiger partial charge in [0.05, 0.1) is 14.2 Å². The average Bonchev–Trinajstić information content (AvgIpc) is 3.07. The Kier molecular flexibility index (Phi) is 3.36. The predicted octanol–water partition coefficient (Wildman–Crippen LogP) is 2.98. The summed E-state index contributed by atoms with van der Waals surface area (Å²) in [6.45, 7) is 2.11. The third kappa shape index (κ3) is 2.04. The van der Waals surface area contributed by atoms with E-state index in [1.807, 2.05) is 0 Å². The van der Waals surface area contributed by atoms with E-state index in [2.05, 4.69) is 28.9 Å². The van der Waals surface area contributed by atoms with Crippen molar-refractivity contribution >= 4 is 15.9 Å². The van der Waals surface area contributed by atoms with E-state index >= 15 is 0 Å². The largest absolute Gasteiger partial charge is 0.495 e. The van der Waals surface area contributed by atoms with Crippen molar-refractivity contribution in [1.29, 1.82) is 0 Å². The SMILES string of the molecule is CCc1cc(C2(N)CC2)c(OC)c(Br)c1OC. The van der Waals surface area contributed by atoms with E-state index in [1.54, 1.807) is 14.2 Å². The first kappa shape index (κ1) is 12.7. The molecule has 0 saturated heterocycles. The Bertz CT molecular complexity index is 442. The molecule has 0 spiro atoms. The molecule has 0 radical (unpaired) electrons. The van der Waals surface area contributed by atoms with Gasteiger partial charge in [0.15, 0.2) is 0 Å². The minimum atomic E-state index is -0.204. The second-order valence-corrected chi connectivity index (χ2v) is 5.27. The summed E-state index contributed by atoms with van der Waals surface area (Å²) < 4.78 is 11.8. The van der Waals surface area contributed by atoms with Gasteiger partial charge < -0.3 is 15.2 Å². The van der Waals surface area contributed by atoms with Crippen molar-refractivity contribution in [3.05, 3.63) is 21.7 Å². The smallest absolute Gasteiger partial charge is 0.141 e. The summed E-state index contributed by atoms with van der Waals surface area (Å²) in [4.78, 5) is 0. The highest BCUT2D eigenvalue weighted by Gasteiger charge is 2.43. The Morgan fingerprint density at radius 1 is 1.29 bits per heavy atom. The monoisotopic (exact) mass is 299 g/mol. The van der Waals surface area contributed by atoms with Crippen LogP contribution in [0, 0.1) is 0 Å². The maximum Gasteiger partial charge on any atom is 0.141 e. The molecule has 0 aliphatic heterocycles. The first-order chi connectivity index (χ1) is 8.07. The molecule has 4 heteroatoms. The number of halogens is 1. The Balaban J connectivity index is 2.63. The van der Waals surface area contributed by atoms with E-state index in [9.17, 15) is 0 Å². The molecule has 0 aromatic heterocycles. The first-order valence-electron chi connectivity index (χ1n) is 5.80. The molecule has 1 saturated carbocycles. The van der Waals surface area contributed by atoms with E-state index in [-0.39, 0.29) is 5.54 Å². The van der Waals surface area contributed by atoms with E-state index in [0.29, 0.717) is 0 Å². The van der Waals surface area contributed by atoms with Gasteiger partial charge in [-0.15, -0.1) is 0 Å². The van der Waals surface area contributed by atoms with Gasteiger partial charge in [-0.2, -0.15) is 0 Å². The van der Waals surface area contributed by atoms with Gasteiger partial charge in [0, 0.05) is 11.1 Å². The molecule has 1 aromatic rings. The van der Waals surface area contributed by atoms with Crippen molar-refractivity contribution in [2.24, 2.45) is 5.73 Å². The molecular weight excluding hydrogens is 282 g/mol. The van der Waals surface area contributed by atoms with Crippen LogP contribution in [-0.2, 0) is 12.0 Å². The zero-order valence-electron chi connectivity index (χ0n) is 10.5. The molecule has 94 valence electrons. The van der Waals surface area contributed by atoms with Crippen LogP contribution in [0.15, 0.2) is 10.5 Å². The molecule has 0 unspecified atom stereocenters. The quantitative estimate of drug-likeness (QED) is 0.929. The molecule has 1 fully saturated rings. The van der Waals surface area contributed by atoms with Gasteiger partial charge in [-0.1, -0.05) is 6.92 Å². The van der Waals surface area contributed by atoms with Crippen molar-refractivity contribution in [3.63, 3.8) is 0 Å². The molecule has 3 nitrogen and oxygen atoms in total. The number of aryl methyl sites for hydroxylation is 1. The fraction of sp³-hybridized carbons (Fsp3) is 0.538. The molecule has 0 heterocycles. The molecule has 0 bridgehead atoms. The van der Waals surface area contributed by atoms with Crippen molar-refractivity contribution in [3.8, 4) is 11.5 Å². The standard InChI is InChI=1S/C13H18BrNO2/c1-4-8-7-9(13(15)5-6-13)12(17-3)10(14)11(8)16-2/h7H,4-6,15H2,1-3H3. The third-order valence-corrected chi connectivity index (χ3v) is 4.09. The summed E-state index contributed by atoms with van der Waals surface area (Å²) in [7, 11) is 3.34. The van der Waals surface area contributed by atoms with E-state index in [0.717, 1.165) is 46.4 Å². The molecule has 1 aliphatic rings. The van der Waals surface area contributed by atoms with Gasteiger partial charge in [0.1, 0.15) is 16.0 Å². The molecule has 2 rings (SSSR count). The van der Waals surface area contributed by atoms with Gasteiger partial charge in [-0.3, -0.25) is 0 Å². The van der Waals surface area contributed by atoms with Gasteiger partial charge in [0.2, 0.25) is 0 Å². The van der Waals surface area contributed by atoms with Gasteiger partial charge in [-0.25, -0.2) is 0 Å². The lowest BCUT2D eigenvalue weighted by Crippen LogP contribution is -2.20. The van der Waals surface area contributed by atoms with Crippen molar-refractivity contribution in [1.82, 2.24) is 0 Å². The Morgan fingerprint density at radius 2 is 1.88 bits per heavy atom. The van der Waals surface area contributed by atoms with Crippen molar-refractivity contribution < 1.29 is 9.47 Å². The summed E-state index contributed by atoms with van der Waals surface area (Å²) in [5, 5.41) is 0. The van der Waals surface area contributed by atoms with Crippen LogP contribution in [0.4, 0.5) is 0 Å². The third-order valence-electron chi connectivity index (χ3n) is 3.37. The molecule has 0 atom stereocenters. The minimum Gasteiger partial charge on any atom is -0.495 e. The van der Waals surface area contributed by atoms with E-state index in [1.165, 1.54) is 0 Å². The van der Waals surface area contributed by atoms with Crippen LogP contribution in [0.25, 0.3) is 0 Å². The van der Waals surface area contributed by atoms with E-state index in [4.69, 9.17) is 15.2 Å². The molecule has 2 N–H and O–H groups in total. The maximum atomic E-state index is 6.29. The predicted molar refractivity (Wildman–Crippen MR) is 71.7 cm³/mol. The normalized spacial score (nSPS) is 16.8. The molecular formula is C13H18BrNO2. The minimum absolute atomic E-state index is 0.204. The Labute approximate surface area is 110 Å². The van der Waals surface area contributed by atoms with Crippen LogP contribution < -0.4 is 15.2 Å². The lowest BCUT2D eigenvalue weighted by molar-refractivity contribution is 0.380. The summed E-state index contributed by atoms with van der Waals surface area (Å²) in [5.41, 5.74) is 8.33. The van der Waals surface area contributed by atoms with Gasteiger partial charge >= 0.3 is 0 Å². The Morgan fingerprint density at radius 3 is 2.29 bits per heavy atom.